The maximum absolute atomic E-state index is 12.4. The van der Waals surface area contributed by atoms with Crippen molar-refractivity contribution >= 4 is 5.91 Å². The second-order valence-corrected chi connectivity index (χ2v) is 7.04. The lowest BCUT2D eigenvalue weighted by Crippen LogP contribution is -2.51. The van der Waals surface area contributed by atoms with E-state index in [1.54, 1.807) is 6.92 Å². The van der Waals surface area contributed by atoms with E-state index in [2.05, 4.69) is 40.6 Å². The summed E-state index contributed by atoms with van der Waals surface area (Å²) in [6.45, 7) is 5.99. The molecule has 23 heavy (non-hydrogen) atoms. The number of hydrogen-bond acceptors (Lipinski definition) is 3. The van der Waals surface area contributed by atoms with E-state index in [1.165, 1.54) is 11.1 Å². The average molecular weight is 313 g/mol. The summed E-state index contributed by atoms with van der Waals surface area (Å²) >= 11 is 0. The number of fused-ring (bicyclic) bond motifs is 1. The number of rotatable bonds is 5. The van der Waals surface area contributed by atoms with Crippen molar-refractivity contribution in [3.63, 3.8) is 0 Å². The maximum atomic E-state index is 12.4. The average Bonchev–Trinajstić information content (AvgIpc) is 2.53. The molecular weight excluding hydrogens is 286 g/mol. The molecule has 1 aromatic carbocycles. The first kappa shape index (κ1) is 17.5. The highest BCUT2D eigenvalue weighted by molar-refractivity contribution is 5.79. The Labute approximate surface area is 139 Å². The highest BCUT2D eigenvalue weighted by Crippen LogP contribution is 2.33. The van der Waals surface area contributed by atoms with Crippen molar-refractivity contribution in [2.45, 2.75) is 51.6 Å². The molecule has 0 heterocycles. The zero-order valence-electron chi connectivity index (χ0n) is 14.6. The highest BCUT2D eigenvalue weighted by atomic mass is 16.2. The highest BCUT2D eigenvalue weighted by Gasteiger charge is 2.31. The molecule has 0 spiro atoms. The van der Waals surface area contributed by atoms with Crippen molar-refractivity contribution in [1.82, 2.24) is 10.2 Å². The van der Waals surface area contributed by atoms with Gasteiger partial charge >= 0.3 is 0 Å². The fourth-order valence-electron chi connectivity index (χ4n) is 3.15. The molecule has 1 aliphatic rings. The standard InChI is InChI=1S/C19H27N3O/c1-14(2)19(3,13-20)21-18(23)12-22(4)17-11-7-9-15-8-5-6-10-16(15)17/h5-6,8,10,14,17H,7,9,11-12H2,1-4H3,(H,21,23)/t17-,19+/m1/s1. The molecule has 0 saturated carbocycles. The van der Waals surface area contributed by atoms with Crippen molar-refractivity contribution in [3.05, 3.63) is 35.4 Å². The summed E-state index contributed by atoms with van der Waals surface area (Å²) in [6, 6.07) is 11.0. The second-order valence-electron chi connectivity index (χ2n) is 7.04. The zero-order chi connectivity index (χ0) is 17.0. The molecule has 0 saturated heterocycles. The molecule has 0 unspecified atom stereocenters. The quantitative estimate of drug-likeness (QED) is 0.909. The number of nitrogens with zero attached hydrogens (tertiary/aromatic N) is 2. The van der Waals surface area contributed by atoms with Gasteiger partial charge in [0.25, 0.3) is 0 Å². The van der Waals surface area contributed by atoms with Gasteiger partial charge < -0.3 is 5.32 Å². The number of hydrogen-bond donors (Lipinski definition) is 1. The van der Waals surface area contributed by atoms with E-state index in [1.807, 2.05) is 20.9 Å². The molecule has 124 valence electrons. The number of carbonyl (C=O) groups excluding carboxylic acids is 1. The third-order valence-electron chi connectivity index (χ3n) is 5.05. The monoisotopic (exact) mass is 313 g/mol. The predicted molar refractivity (Wildman–Crippen MR) is 91.7 cm³/mol. The summed E-state index contributed by atoms with van der Waals surface area (Å²) in [5, 5.41) is 12.2. The van der Waals surface area contributed by atoms with E-state index in [4.69, 9.17) is 0 Å². The third-order valence-corrected chi connectivity index (χ3v) is 5.05. The number of carbonyl (C=O) groups is 1. The van der Waals surface area contributed by atoms with E-state index in [9.17, 15) is 10.1 Å². The predicted octanol–water partition coefficient (Wildman–Crippen LogP) is 3.05. The van der Waals surface area contributed by atoms with Gasteiger partial charge in [0.15, 0.2) is 0 Å². The topological polar surface area (TPSA) is 56.1 Å². The van der Waals surface area contributed by atoms with Gasteiger partial charge in [-0.3, -0.25) is 9.69 Å². The van der Waals surface area contributed by atoms with Gasteiger partial charge in [-0.15, -0.1) is 0 Å². The lowest BCUT2D eigenvalue weighted by molar-refractivity contribution is -0.124. The molecule has 1 amide bonds. The third kappa shape index (κ3) is 3.92. The molecule has 0 bridgehead atoms. The Hall–Kier alpha value is -1.86. The Morgan fingerprint density at radius 3 is 2.83 bits per heavy atom. The minimum atomic E-state index is -0.817. The molecule has 0 aromatic heterocycles. The SMILES string of the molecule is CC(C)[C@](C)(C#N)NC(=O)CN(C)[C@@H]1CCCc2ccccc21. The first-order valence-electron chi connectivity index (χ1n) is 8.37. The summed E-state index contributed by atoms with van der Waals surface area (Å²) in [4.78, 5) is 14.5. The number of nitriles is 1. The van der Waals surface area contributed by atoms with Gasteiger partial charge in [-0.2, -0.15) is 5.26 Å². The van der Waals surface area contributed by atoms with Gasteiger partial charge in [0, 0.05) is 6.04 Å². The molecule has 1 N–H and O–H groups in total. The van der Waals surface area contributed by atoms with Gasteiger partial charge in [-0.05, 0) is 50.3 Å². The Balaban J connectivity index is 2.04. The molecule has 4 heteroatoms. The summed E-state index contributed by atoms with van der Waals surface area (Å²) in [5.41, 5.74) is 1.91. The lowest BCUT2D eigenvalue weighted by Gasteiger charge is -2.34. The Bertz CT molecular complexity index is 605. The van der Waals surface area contributed by atoms with Gasteiger partial charge in [0.1, 0.15) is 5.54 Å². The van der Waals surface area contributed by atoms with Crippen LogP contribution in [0.1, 0.15) is 50.8 Å². The number of likely N-dealkylation sites (N-methyl/N-ethyl adjacent to an activating group) is 1. The summed E-state index contributed by atoms with van der Waals surface area (Å²) in [6.07, 6.45) is 3.34. The number of amides is 1. The number of benzene rings is 1. The molecule has 0 aliphatic heterocycles. The second kappa shape index (κ2) is 7.14. The molecule has 4 nitrogen and oxygen atoms in total. The fourth-order valence-corrected chi connectivity index (χ4v) is 3.15. The van der Waals surface area contributed by atoms with Crippen molar-refractivity contribution in [2.24, 2.45) is 5.92 Å². The lowest BCUT2D eigenvalue weighted by atomic mass is 9.87. The molecule has 1 aliphatic carbocycles. The maximum Gasteiger partial charge on any atom is 0.235 e. The van der Waals surface area contributed by atoms with Crippen LogP contribution in [0.2, 0.25) is 0 Å². The van der Waals surface area contributed by atoms with E-state index in [0.29, 0.717) is 6.54 Å². The molecule has 2 atom stereocenters. The smallest absolute Gasteiger partial charge is 0.235 e. The van der Waals surface area contributed by atoms with Crippen LogP contribution < -0.4 is 5.32 Å². The van der Waals surface area contributed by atoms with Gasteiger partial charge in [0.05, 0.1) is 12.6 Å². The van der Waals surface area contributed by atoms with Crippen molar-refractivity contribution in [1.29, 1.82) is 5.26 Å². The van der Waals surface area contributed by atoms with Gasteiger partial charge in [-0.25, -0.2) is 0 Å². The molecular formula is C19H27N3O. The van der Waals surface area contributed by atoms with Crippen molar-refractivity contribution in [3.8, 4) is 6.07 Å². The van der Waals surface area contributed by atoms with Crippen LogP contribution in [0.15, 0.2) is 24.3 Å². The van der Waals surface area contributed by atoms with Crippen LogP contribution in [0.4, 0.5) is 0 Å². The van der Waals surface area contributed by atoms with Crippen LogP contribution in [-0.4, -0.2) is 29.9 Å². The van der Waals surface area contributed by atoms with Crippen LogP contribution in [0.25, 0.3) is 0 Å². The van der Waals surface area contributed by atoms with Crippen molar-refractivity contribution < 1.29 is 4.79 Å². The van der Waals surface area contributed by atoms with E-state index in [-0.39, 0.29) is 17.9 Å². The first-order chi connectivity index (χ1) is 10.9. The molecule has 1 aromatic rings. The van der Waals surface area contributed by atoms with Crippen LogP contribution >= 0.6 is 0 Å². The summed E-state index contributed by atoms with van der Waals surface area (Å²) in [7, 11) is 1.99. The Kier molecular flexibility index (Phi) is 5.43. The van der Waals surface area contributed by atoms with E-state index in [0.717, 1.165) is 19.3 Å². The summed E-state index contributed by atoms with van der Waals surface area (Å²) < 4.78 is 0. The first-order valence-corrected chi connectivity index (χ1v) is 8.37. The van der Waals surface area contributed by atoms with Crippen LogP contribution in [0.3, 0.4) is 0 Å². The minimum Gasteiger partial charge on any atom is -0.337 e. The Morgan fingerprint density at radius 1 is 1.48 bits per heavy atom. The molecule has 0 fully saturated rings. The zero-order valence-corrected chi connectivity index (χ0v) is 14.6. The van der Waals surface area contributed by atoms with E-state index < -0.39 is 5.54 Å². The Morgan fingerprint density at radius 2 is 2.17 bits per heavy atom. The minimum absolute atomic E-state index is 0.0668. The molecule has 0 radical (unpaired) electrons. The molecule has 2 rings (SSSR count). The fraction of sp³-hybridized carbons (Fsp3) is 0.579. The van der Waals surface area contributed by atoms with Gasteiger partial charge in [0.2, 0.25) is 5.91 Å². The normalized spacial score (nSPS) is 19.8. The van der Waals surface area contributed by atoms with Crippen molar-refractivity contribution in [2.75, 3.05) is 13.6 Å². The largest absolute Gasteiger partial charge is 0.337 e. The van der Waals surface area contributed by atoms with Gasteiger partial charge in [-0.1, -0.05) is 38.1 Å². The van der Waals surface area contributed by atoms with E-state index >= 15 is 0 Å². The van der Waals surface area contributed by atoms with Crippen LogP contribution in [-0.2, 0) is 11.2 Å². The number of nitrogens with one attached hydrogen (secondary N) is 1. The number of aryl methyl sites for hydroxylation is 1. The van der Waals surface area contributed by atoms with Crippen LogP contribution in [0.5, 0.6) is 0 Å². The van der Waals surface area contributed by atoms with Crippen LogP contribution in [0, 0.1) is 17.2 Å². The summed E-state index contributed by atoms with van der Waals surface area (Å²) in [5.74, 6) is -0.0227.